The second-order valence-corrected chi connectivity index (χ2v) is 7.53. The van der Waals surface area contributed by atoms with Gasteiger partial charge in [-0.1, -0.05) is 18.2 Å². The molecule has 0 unspecified atom stereocenters. The molecule has 0 bridgehead atoms. The lowest BCUT2D eigenvalue weighted by Gasteiger charge is -2.42. The average Bonchev–Trinajstić information content (AvgIpc) is 2.94. The highest BCUT2D eigenvalue weighted by molar-refractivity contribution is 5.96. The van der Waals surface area contributed by atoms with Crippen molar-refractivity contribution in [2.75, 3.05) is 5.32 Å². The van der Waals surface area contributed by atoms with Crippen molar-refractivity contribution in [1.29, 1.82) is 0 Å². The van der Waals surface area contributed by atoms with E-state index in [1.807, 2.05) is 19.2 Å². The molecule has 0 fully saturated rings. The predicted octanol–water partition coefficient (Wildman–Crippen LogP) is 3.99. The van der Waals surface area contributed by atoms with Crippen LogP contribution in [0.25, 0.3) is 22.0 Å². The maximum atomic E-state index is 15.4. The van der Waals surface area contributed by atoms with E-state index >= 15 is 4.39 Å². The molecule has 1 aromatic heterocycles. The first kappa shape index (κ1) is 17.0. The van der Waals surface area contributed by atoms with E-state index in [1.165, 1.54) is 6.07 Å². The van der Waals surface area contributed by atoms with Gasteiger partial charge in [-0.3, -0.25) is 0 Å². The van der Waals surface area contributed by atoms with Crippen LogP contribution in [0.2, 0.25) is 0 Å². The molecule has 1 aliphatic rings. The molecule has 0 radical (unpaired) electrons. The Morgan fingerprint density at radius 3 is 2.69 bits per heavy atom. The van der Waals surface area contributed by atoms with Gasteiger partial charge in [0.25, 0.3) is 0 Å². The molecule has 5 N–H and O–H groups in total. The van der Waals surface area contributed by atoms with Gasteiger partial charge in [0.05, 0.1) is 28.8 Å². The summed E-state index contributed by atoms with van der Waals surface area (Å²) in [5, 5.41) is 14.3. The number of aliphatic hydroxyl groups excluding tert-OH is 1. The molecular formula is C20H21F2N3O. The molecule has 0 saturated heterocycles. The molecule has 26 heavy (non-hydrogen) atoms. The van der Waals surface area contributed by atoms with Crippen molar-refractivity contribution in [3.63, 3.8) is 0 Å². The number of aryl methyl sites for hydroxylation is 1. The molecule has 6 heteroatoms. The van der Waals surface area contributed by atoms with E-state index in [-0.39, 0.29) is 16.8 Å². The number of para-hydroxylation sites is 1. The number of rotatable bonds is 1. The Kier molecular flexibility index (Phi) is 3.61. The molecule has 4 rings (SSSR count). The summed E-state index contributed by atoms with van der Waals surface area (Å²) in [5.74, 6) is -1.41. The largest absolute Gasteiger partial charge is 0.389 e. The van der Waals surface area contributed by atoms with Gasteiger partial charge >= 0.3 is 0 Å². The first-order valence-electron chi connectivity index (χ1n) is 8.53. The maximum absolute atomic E-state index is 15.4. The summed E-state index contributed by atoms with van der Waals surface area (Å²) in [7, 11) is 0. The number of H-pyrrole nitrogens is 1. The van der Waals surface area contributed by atoms with Crippen LogP contribution in [-0.4, -0.2) is 21.7 Å². The highest BCUT2D eigenvalue weighted by Gasteiger charge is 2.41. The minimum Gasteiger partial charge on any atom is -0.389 e. The molecule has 4 nitrogen and oxygen atoms in total. The highest BCUT2D eigenvalue weighted by Crippen LogP contribution is 2.43. The maximum Gasteiger partial charge on any atom is 0.140 e. The molecule has 0 amide bonds. The summed E-state index contributed by atoms with van der Waals surface area (Å²) in [6.07, 6.45) is 0.799. The van der Waals surface area contributed by atoms with Crippen molar-refractivity contribution < 1.29 is 13.9 Å². The van der Waals surface area contributed by atoms with Gasteiger partial charge in [0.1, 0.15) is 11.6 Å². The molecule has 2 heterocycles. The van der Waals surface area contributed by atoms with E-state index in [1.54, 1.807) is 26.0 Å². The van der Waals surface area contributed by atoms with E-state index in [0.29, 0.717) is 11.1 Å². The van der Waals surface area contributed by atoms with Crippen LogP contribution in [-0.2, 0) is 0 Å². The smallest absolute Gasteiger partial charge is 0.140 e. The zero-order valence-corrected chi connectivity index (χ0v) is 14.8. The first-order valence-corrected chi connectivity index (χ1v) is 8.53. The zero-order chi connectivity index (χ0) is 18.8. The molecule has 2 atom stereocenters. The number of nitrogens with one attached hydrogen (secondary N) is 2. The Labute approximate surface area is 150 Å². The van der Waals surface area contributed by atoms with Crippen LogP contribution in [0.3, 0.4) is 0 Å². The minimum absolute atomic E-state index is 0.105. The Bertz CT molecular complexity index is 1030. The summed E-state index contributed by atoms with van der Waals surface area (Å²) in [5.41, 5.74) is 7.67. The molecule has 0 spiro atoms. The predicted molar refractivity (Wildman–Crippen MR) is 99.0 cm³/mol. The van der Waals surface area contributed by atoms with Crippen molar-refractivity contribution in [3.05, 3.63) is 53.2 Å². The normalized spacial score (nSPS) is 21.5. The van der Waals surface area contributed by atoms with Gasteiger partial charge in [0.15, 0.2) is 0 Å². The first-order chi connectivity index (χ1) is 12.2. The standard InChI is InChI=1S/C20H21F2N3O/c1-9-8-24-18-10(9)5-4-6-11(18)14-12(21)7-13-15(16(14)22)17(23)19(26)20(2,3)25-13/h4-8,17,19,24-26H,23H2,1-3H3/t17-,19+/m1/s1. The van der Waals surface area contributed by atoms with E-state index in [0.717, 1.165) is 10.9 Å². The SMILES string of the molecule is Cc1c[nH]c2c(-c3c(F)cc4c(c3F)[C@@H](N)[C@H](O)C(C)(C)N4)cccc12. The lowest BCUT2D eigenvalue weighted by Crippen LogP contribution is -2.53. The number of hydrogen-bond acceptors (Lipinski definition) is 3. The van der Waals surface area contributed by atoms with Crippen LogP contribution >= 0.6 is 0 Å². The molecule has 0 aliphatic carbocycles. The number of benzene rings is 2. The fourth-order valence-corrected chi connectivity index (χ4v) is 3.84. The van der Waals surface area contributed by atoms with Crippen molar-refractivity contribution in [2.45, 2.75) is 38.5 Å². The third-order valence-corrected chi connectivity index (χ3v) is 5.32. The van der Waals surface area contributed by atoms with Crippen LogP contribution < -0.4 is 11.1 Å². The number of halogens is 2. The Morgan fingerprint density at radius 1 is 1.23 bits per heavy atom. The van der Waals surface area contributed by atoms with Crippen LogP contribution in [0.4, 0.5) is 14.5 Å². The second-order valence-electron chi connectivity index (χ2n) is 7.53. The van der Waals surface area contributed by atoms with Crippen molar-refractivity contribution in [2.24, 2.45) is 5.73 Å². The molecule has 1 aliphatic heterocycles. The topological polar surface area (TPSA) is 74.1 Å². The Hall–Kier alpha value is -2.44. The molecule has 0 saturated carbocycles. The number of hydrogen-bond donors (Lipinski definition) is 4. The summed E-state index contributed by atoms with van der Waals surface area (Å²) in [6.45, 7) is 5.42. The van der Waals surface area contributed by atoms with Gasteiger partial charge in [-0.2, -0.15) is 0 Å². The summed E-state index contributed by atoms with van der Waals surface area (Å²) in [6, 6.07) is 5.65. The van der Waals surface area contributed by atoms with Crippen LogP contribution in [0.15, 0.2) is 30.5 Å². The molecular weight excluding hydrogens is 336 g/mol. The molecule has 136 valence electrons. The summed E-state index contributed by atoms with van der Waals surface area (Å²) in [4.78, 5) is 3.09. The highest BCUT2D eigenvalue weighted by atomic mass is 19.1. The summed E-state index contributed by atoms with van der Waals surface area (Å²) >= 11 is 0. The summed E-state index contributed by atoms with van der Waals surface area (Å²) < 4.78 is 30.4. The lowest BCUT2D eigenvalue weighted by atomic mass is 9.81. The Balaban J connectivity index is 2.00. The van der Waals surface area contributed by atoms with E-state index < -0.39 is 29.3 Å². The lowest BCUT2D eigenvalue weighted by molar-refractivity contribution is 0.0815. The third-order valence-electron chi connectivity index (χ3n) is 5.32. The van der Waals surface area contributed by atoms with Gasteiger partial charge in [-0.05, 0) is 32.4 Å². The van der Waals surface area contributed by atoms with E-state index in [4.69, 9.17) is 5.73 Å². The minimum atomic E-state index is -1.01. The van der Waals surface area contributed by atoms with E-state index in [9.17, 15) is 9.50 Å². The average molecular weight is 357 g/mol. The number of aromatic amines is 1. The van der Waals surface area contributed by atoms with Gasteiger partial charge in [-0.25, -0.2) is 8.78 Å². The van der Waals surface area contributed by atoms with Gasteiger partial charge in [0.2, 0.25) is 0 Å². The molecule has 3 aromatic rings. The van der Waals surface area contributed by atoms with Crippen molar-refractivity contribution >= 4 is 16.6 Å². The van der Waals surface area contributed by atoms with Crippen LogP contribution in [0.1, 0.15) is 31.0 Å². The van der Waals surface area contributed by atoms with Crippen molar-refractivity contribution in [3.8, 4) is 11.1 Å². The fourth-order valence-electron chi connectivity index (χ4n) is 3.84. The number of aliphatic hydroxyl groups is 1. The Morgan fingerprint density at radius 2 is 1.96 bits per heavy atom. The monoisotopic (exact) mass is 357 g/mol. The van der Waals surface area contributed by atoms with Crippen LogP contribution in [0.5, 0.6) is 0 Å². The zero-order valence-electron chi connectivity index (χ0n) is 14.8. The fraction of sp³-hybridized carbons (Fsp3) is 0.300. The number of fused-ring (bicyclic) bond motifs is 2. The van der Waals surface area contributed by atoms with Gasteiger partial charge in [-0.15, -0.1) is 0 Å². The third kappa shape index (κ3) is 2.26. The van der Waals surface area contributed by atoms with E-state index in [2.05, 4.69) is 10.3 Å². The molecule has 2 aromatic carbocycles. The van der Waals surface area contributed by atoms with Gasteiger partial charge in [0, 0.05) is 28.4 Å². The number of anilines is 1. The number of aromatic nitrogens is 1. The van der Waals surface area contributed by atoms with Crippen molar-refractivity contribution in [1.82, 2.24) is 4.98 Å². The van der Waals surface area contributed by atoms with Gasteiger partial charge < -0.3 is 21.1 Å². The number of nitrogens with two attached hydrogens (primary N) is 1. The second kappa shape index (κ2) is 5.53. The van der Waals surface area contributed by atoms with Crippen LogP contribution in [0, 0.1) is 18.6 Å². The quantitative estimate of drug-likeness (QED) is 0.532.